The summed E-state index contributed by atoms with van der Waals surface area (Å²) >= 11 is 0. The fourth-order valence-electron chi connectivity index (χ4n) is 3.06. The average Bonchev–Trinajstić information content (AvgIpc) is 2.65. The van der Waals surface area contributed by atoms with Gasteiger partial charge in [0.2, 0.25) is 0 Å². The van der Waals surface area contributed by atoms with Gasteiger partial charge in [0.05, 0.1) is 0 Å². The minimum Gasteiger partial charge on any atom is -0.294 e. The third kappa shape index (κ3) is 2.91. The van der Waals surface area contributed by atoms with Gasteiger partial charge < -0.3 is 0 Å². The molecule has 0 fully saturated rings. The second-order valence-electron chi connectivity index (χ2n) is 5.62. The fourth-order valence-corrected chi connectivity index (χ4v) is 8.46. The lowest BCUT2D eigenvalue weighted by molar-refractivity contribution is -0.110. The third-order valence-electron chi connectivity index (χ3n) is 4.15. The summed E-state index contributed by atoms with van der Waals surface area (Å²) in [5, 5.41) is 4.44. The fraction of sp³-hybridized carbons (Fsp3) is 0.0476. The van der Waals surface area contributed by atoms with E-state index in [-0.39, 0.29) is 5.78 Å². The molecule has 0 spiro atoms. The van der Waals surface area contributed by atoms with Gasteiger partial charge in [-0.05, 0) is 29.7 Å². The van der Waals surface area contributed by atoms with Crippen molar-refractivity contribution < 1.29 is 4.79 Å². The molecular formula is C21H20OP2. The van der Waals surface area contributed by atoms with E-state index in [0.717, 1.165) is 5.03 Å². The summed E-state index contributed by atoms with van der Waals surface area (Å²) in [7, 11) is 2.75. The van der Waals surface area contributed by atoms with E-state index < -0.39 is 6.89 Å². The molecule has 3 aromatic rings. The Morgan fingerprint density at radius 2 is 0.958 bits per heavy atom. The largest absolute Gasteiger partial charge is 0.294 e. The normalized spacial score (nSPS) is 11.1. The monoisotopic (exact) mass is 350 g/mol. The molecule has 3 rings (SSSR count). The van der Waals surface area contributed by atoms with Crippen molar-refractivity contribution in [1.29, 1.82) is 0 Å². The van der Waals surface area contributed by atoms with Crippen molar-refractivity contribution in [2.24, 2.45) is 0 Å². The highest BCUT2D eigenvalue weighted by Gasteiger charge is 2.29. The number of ketones is 1. The van der Waals surface area contributed by atoms with E-state index in [4.69, 9.17) is 0 Å². The van der Waals surface area contributed by atoms with Crippen molar-refractivity contribution in [2.45, 2.75) is 6.92 Å². The average molecular weight is 350 g/mol. The molecule has 0 aromatic heterocycles. The Balaban J connectivity index is 2.53. The number of benzene rings is 3. The summed E-state index contributed by atoms with van der Waals surface area (Å²) in [6.07, 6.45) is 0. The van der Waals surface area contributed by atoms with E-state index >= 15 is 0 Å². The topological polar surface area (TPSA) is 17.1 Å². The Hall–Kier alpha value is -1.94. The lowest BCUT2D eigenvalue weighted by Crippen LogP contribution is -2.30. The van der Waals surface area contributed by atoms with Crippen LogP contribution < -0.4 is 15.9 Å². The van der Waals surface area contributed by atoms with Gasteiger partial charge in [0, 0.05) is 5.03 Å². The molecule has 0 N–H and O–H groups in total. The van der Waals surface area contributed by atoms with Gasteiger partial charge in [-0.25, -0.2) is 0 Å². The van der Waals surface area contributed by atoms with Crippen LogP contribution in [0.1, 0.15) is 6.92 Å². The number of Topliss-reactive ketones (excluding diaryl/α,β-unsaturated/α-hetero) is 1. The lowest BCUT2D eigenvalue weighted by atomic mass is 10.4. The smallest absolute Gasteiger partial charge is 0.160 e. The van der Waals surface area contributed by atoms with Gasteiger partial charge in [-0.2, -0.15) is 0 Å². The van der Waals surface area contributed by atoms with Crippen molar-refractivity contribution in [3.8, 4) is 0 Å². The molecule has 0 aliphatic heterocycles. The van der Waals surface area contributed by atoms with E-state index in [0.29, 0.717) is 0 Å². The van der Waals surface area contributed by atoms with Crippen molar-refractivity contribution in [3.63, 3.8) is 0 Å². The molecule has 1 atom stereocenters. The van der Waals surface area contributed by atoms with E-state index in [2.05, 4.69) is 45.6 Å². The van der Waals surface area contributed by atoms with Crippen LogP contribution in [0.5, 0.6) is 0 Å². The summed E-state index contributed by atoms with van der Waals surface area (Å²) in [5.41, 5.74) is 0. The molecule has 0 heterocycles. The molecule has 0 saturated heterocycles. The van der Waals surface area contributed by atoms with Gasteiger partial charge >= 0.3 is 0 Å². The van der Waals surface area contributed by atoms with Crippen molar-refractivity contribution in [3.05, 3.63) is 91.0 Å². The van der Waals surface area contributed by atoms with Crippen molar-refractivity contribution >= 4 is 42.9 Å². The highest BCUT2D eigenvalue weighted by molar-refractivity contribution is 8.02. The lowest BCUT2D eigenvalue weighted by Gasteiger charge is -2.30. The Morgan fingerprint density at radius 1 is 0.667 bits per heavy atom. The van der Waals surface area contributed by atoms with Gasteiger partial charge in [0.15, 0.2) is 5.78 Å². The zero-order chi connectivity index (χ0) is 17.0. The maximum Gasteiger partial charge on any atom is 0.160 e. The summed E-state index contributed by atoms with van der Waals surface area (Å²) < 4.78 is 0. The van der Waals surface area contributed by atoms with E-state index in [1.54, 1.807) is 6.92 Å². The summed E-state index contributed by atoms with van der Waals surface area (Å²) in [6, 6.07) is 31.2. The first-order chi connectivity index (χ1) is 11.7. The molecule has 0 amide bonds. The van der Waals surface area contributed by atoms with Crippen LogP contribution in [0.2, 0.25) is 0 Å². The Kier molecular flexibility index (Phi) is 5.14. The van der Waals surface area contributed by atoms with Gasteiger partial charge in [-0.3, -0.25) is 4.79 Å². The second-order valence-corrected chi connectivity index (χ2v) is 10.1. The number of hydrogen-bond donors (Lipinski definition) is 0. The standard InChI is InChI=1S/C21H20OP2/c1-17(22)21(23)24(18-11-5-2-6-12-18,19-13-7-3-8-14-19)20-15-9-4-10-16-20/h2-16H,23H2,1H3. The predicted octanol–water partition coefficient (Wildman–Crippen LogP) is 3.57. The van der Waals surface area contributed by atoms with E-state index in [1.165, 1.54) is 15.9 Å². The summed E-state index contributed by atoms with van der Waals surface area (Å²) in [4.78, 5) is 12.5. The van der Waals surface area contributed by atoms with Crippen LogP contribution in [0.25, 0.3) is 0 Å². The van der Waals surface area contributed by atoms with Crippen LogP contribution in [0.4, 0.5) is 0 Å². The molecule has 0 aliphatic rings. The van der Waals surface area contributed by atoms with Crippen LogP contribution in [0, 0.1) is 0 Å². The van der Waals surface area contributed by atoms with Gasteiger partial charge in [0.25, 0.3) is 0 Å². The van der Waals surface area contributed by atoms with Crippen LogP contribution in [-0.2, 0) is 4.79 Å². The first kappa shape index (κ1) is 16.9. The number of rotatable bonds is 4. The molecule has 1 unspecified atom stereocenters. The van der Waals surface area contributed by atoms with Gasteiger partial charge in [0.1, 0.15) is 0 Å². The third-order valence-corrected chi connectivity index (χ3v) is 9.98. The maximum absolute atomic E-state index is 12.5. The molecular weight excluding hydrogens is 330 g/mol. The highest BCUT2D eigenvalue weighted by atomic mass is 31.2. The zero-order valence-electron chi connectivity index (χ0n) is 13.6. The summed E-state index contributed by atoms with van der Waals surface area (Å²) in [6.45, 7) is -0.512. The number of carbonyl (C=O) groups excluding carboxylic acids is 1. The first-order valence-corrected chi connectivity index (χ1v) is 10.2. The minimum absolute atomic E-state index is 0.116. The zero-order valence-corrected chi connectivity index (χ0v) is 15.6. The molecule has 120 valence electrons. The molecule has 0 aliphatic carbocycles. The first-order valence-electron chi connectivity index (χ1n) is 7.87. The molecule has 3 aromatic carbocycles. The minimum atomic E-state index is -2.17. The summed E-state index contributed by atoms with van der Waals surface area (Å²) in [5.74, 6) is 0.116. The number of carbonyl (C=O) groups is 1. The Morgan fingerprint density at radius 3 is 1.21 bits per heavy atom. The van der Waals surface area contributed by atoms with Crippen molar-refractivity contribution in [1.82, 2.24) is 0 Å². The second kappa shape index (κ2) is 7.31. The van der Waals surface area contributed by atoms with E-state index in [1.807, 2.05) is 54.6 Å². The molecule has 1 nitrogen and oxygen atoms in total. The molecule has 3 heteroatoms. The van der Waals surface area contributed by atoms with Crippen LogP contribution >= 0.6 is 16.1 Å². The Bertz CT molecular complexity index is 781. The molecule has 0 bridgehead atoms. The van der Waals surface area contributed by atoms with Gasteiger partial charge in [-0.1, -0.05) is 91.0 Å². The van der Waals surface area contributed by atoms with Crippen molar-refractivity contribution in [2.75, 3.05) is 0 Å². The maximum atomic E-state index is 12.5. The molecule has 24 heavy (non-hydrogen) atoms. The van der Waals surface area contributed by atoms with Crippen LogP contribution in [0.3, 0.4) is 0 Å². The van der Waals surface area contributed by atoms with E-state index in [9.17, 15) is 4.79 Å². The SMILES string of the molecule is CC(=O)C(P)=P(c1ccccc1)(c1ccccc1)c1ccccc1. The number of hydrogen-bond acceptors (Lipinski definition) is 1. The molecule has 0 radical (unpaired) electrons. The Labute approximate surface area is 145 Å². The molecule has 0 saturated carbocycles. The highest BCUT2D eigenvalue weighted by Crippen LogP contribution is 2.47. The van der Waals surface area contributed by atoms with Crippen LogP contribution in [-0.4, -0.2) is 10.8 Å². The predicted molar refractivity (Wildman–Crippen MR) is 111 cm³/mol. The van der Waals surface area contributed by atoms with Gasteiger partial charge in [-0.15, -0.1) is 9.24 Å². The van der Waals surface area contributed by atoms with Crippen LogP contribution in [0.15, 0.2) is 91.0 Å². The quantitative estimate of drug-likeness (QED) is 0.658.